The Morgan fingerprint density at radius 2 is 2.00 bits per heavy atom. The lowest BCUT2D eigenvalue weighted by molar-refractivity contribution is 0.0688. The molecule has 1 N–H and O–H groups in total. The van der Waals surface area contributed by atoms with Crippen LogP contribution in [-0.2, 0) is 6.61 Å². The van der Waals surface area contributed by atoms with E-state index in [1.807, 2.05) is 18.2 Å². The van der Waals surface area contributed by atoms with Gasteiger partial charge in [0.1, 0.15) is 29.4 Å². The van der Waals surface area contributed by atoms with Gasteiger partial charge in [-0.3, -0.25) is 4.40 Å². The fraction of sp³-hybridized carbons (Fsp3) is 0.125. The summed E-state index contributed by atoms with van der Waals surface area (Å²) in [6, 6.07) is 12.2. The van der Waals surface area contributed by atoms with Gasteiger partial charge in [0.25, 0.3) is 0 Å². The first kappa shape index (κ1) is 13.9. The molecule has 6 heteroatoms. The Bertz CT molecular complexity index is 826. The molecule has 0 bridgehead atoms. The average molecular weight is 298 g/mol. The van der Waals surface area contributed by atoms with Gasteiger partial charge in [-0.2, -0.15) is 0 Å². The molecule has 0 saturated carbocycles. The normalized spacial score (nSPS) is 10.6. The number of carboxylic acids is 1. The summed E-state index contributed by atoms with van der Waals surface area (Å²) in [7, 11) is 1.59. The molecule has 0 spiro atoms. The van der Waals surface area contributed by atoms with E-state index in [2.05, 4.69) is 4.98 Å². The van der Waals surface area contributed by atoms with E-state index in [9.17, 15) is 9.90 Å². The summed E-state index contributed by atoms with van der Waals surface area (Å²) in [5.74, 6) is 0.329. The van der Waals surface area contributed by atoms with Crippen molar-refractivity contribution >= 4 is 11.6 Å². The molecule has 6 nitrogen and oxygen atoms in total. The van der Waals surface area contributed by atoms with Gasteiger partial charge in [0.15, 0.2) is 0 Å². The molecule has 0 radical (unpaired) electrons. The van der Waals surface area contributed by atoms with E-state index >= 15 is 0 Å². The maximum Gasteiger partial charge on any atom is 0.352 e. The Morgan fingerprint density at radius 3 is 2.77 bits per heavy atom. The summed E-state index contributed by atoms with van der Waals surface area (Å²) < 4.78 is 12.4. The van der Waals surface area contributed by atoms with E-state index in [1.54, 1.807) is 35.9 Å². The largest absolute Gasteiger partial charge is 0.497 e. The monoisotopic (exact) mass is 298 g/mol. The number of hydrogen-bond acceptors (Lipinski definition) is 4. The quantitative estimate of drug-likeness (QED) is 0.784. The van der Waals surface area contributed by atoms with Gasteiger partial charge in [0, 0.05) is 6.07 Å². The van der Waals surface area contributed by atoms with Crippen LogP contribution < -0.4 is 9.47 Å². The summed E-state index contributed by atoms with van der Waals surface area (Å²) in [5.41, 5.74) is 1.39. The highest BCUT2D eigenvalue weighted by Crippen LogP contribution is 2.20. The molecule has 0 amide bonds. The lowest BCUT2D eigenvalue weighted by Gasteiger charge is -2.09. The Morgan fingerprint density at radius 1 is 1.23 bits per heavy atom. The van der Waals surface area contributed by atoms with Crippen LogP contribution in [0.15, 0.2) is 48.7 Å². The van der Waals surface area contributed by atoms with Gasteiger partial charge in [-0.15, -0.1) is 0 Å². The van der Waals surface area contributed by atoms with Gasteiger partial charge in [-0.05, 0) is 24.3 Å². The predicted molar refractivity (Wildman–Crippen MR) is 79.5 cm³/mol. The van der Waals surface area contributed by atoms with E-state index in [0.29, 0.717) is 22.8 Å². The van der Waals surface area contributed by atoms with E-state index < -0.39 is 5.97 Å². The third-order valence-electron chi connectivity index (χ3n) is 3.25. The zero-order chi connectivity index (χ0) is 15.5. The van der Waals surface area contributed by atoms with Crippen LogP contribution in [0.2, 0.25) is 0 Å². The SMILES string of the molecule is COc1cccc(OCc2cnc3cccc(C(=O)O)n23)c1. The van der Waals surface area contributed by atoms with Crippen LogP contribution in [0.25, 0.3) is 5.65 Å². The number of carboxylic acid groups (broad SMARTS) is 1. The topological polar surface area (TPSA) is 73.1 Å². The minimum atomic E-state index is -1.01. The molecule has 112 valence electrons. The van der Waals surface area contributed by atoms with Crippen molar-refractivity contribution in [3.05, 3.63) is 60.0 Å². The molecule has 2 aromatic heterocycles. The van der Waals surface area contributed by atoms with Crippen LogP contribution in [0.5, 0.6) is 11.5 Å². The van der Waals surface area contributed by atoms with Crippen molar-refractivity contribution in [3.63, 3.8) is 0 Å². The van der Waals surface area contributed by atoms with Crippen LogP contribution in [0, 0.1) is 0 Å². The Labute approximate surface area is 126 Å². The van der Waals surface area contributed by atoms with Crippen molar-refractivity contribution in [3.8, 4) is 11.5 Å². The summed E-state index contributed by atoms with van der Waals surface area (Å²) in [6.07, 6.45) is 1.61. The van der Waals surface area contributed by atoms with E-state index in [4.69, 9.17) is 9.47 Å². The molecule has 0 saturated heterocycles. The molecule has 1 aromatic carbocycles. The summed E-state index contributed by atoms with van der Waals surface area (Å²) in [4.78, 5) is 15.5. The number of benzene rings is 1. The van der Waals surface area contributed by atoms with Crippen molar-refractivity contribution in [1.82, 2.24) is 9.38 Å². The van der Waals surface area contributed by atoms with Crippen LogP contribution in [0.1, 0.15) is 16.2 Å². The fourth-order valence-electron chi connectivity index (χ4n) is 2.22. The summed E-state index contributed by atoms with van der Waals surface area (Å²) >= 11 is 0. The second kappa shape index (κ2) is 5.77. The Balaban J connectivity index is 1.89. The molecule has 0 aliphatic carbocycles. The number of aromatic carboxylic acids is 1. The number of fused-ring (bicyclic) bond motifs is 1. The van der Waals surface area contributed by atoms with Crippen molar-refractivity contribution in [1.29, 1.82) is 0 Å². The standard InChI is InChI=1S/C16H14N2O4/c1-21-12-4-2-5-13(8-12)22-10-11-9-17-15-7-3-6-14(16(19)20)18(11)15/h2-9H,10H2,1H3,(H,19,20). The number of rotatable bonds is 5. The maximum atomic E-state index is 11.3. The molecular weight excluding hydrogens is 284 g/mol. The minimum Gasteiger partial charge on any atom is -0.497 e. The van der Waals surface area contributed by atoms with E-state index in [1.165, 1.54) is 6.07 Å². The molecule has 0 aliphatic heterocycles. The lowest BCUT2D eigenvalue weighted by Crippen LogP contribution is -2.08. The molecule has 3 aromatic rings. The molecule has 0 atom stereocenters. The third kappa shape index (κ3) is 2.58. The summed E-state index contributed by atoms with van der Waals surface area (Å²) in [6.45, 7) is 0.207. The number of carbonyl (C=O) groups is 1. The Hall–Kier alpha value is -3.02. The number of methoxy groups -OCH3 is 1. The number of aromatic nitrogens is 2. The second-order valence-electron chi connectivity index (χ2n) is 4.63. The number of nitrogens with zero attached hydrogens (tertiary/aromatic N) is 2. The molecule has 0 aliphatic rings. The Kier molecular flexibility index (Phi) is 3.65. The van der Waals surface area contributed by atoms with Gasteiger partial charge >= 0.3 is 5.97 Å². The average Bonchev–Trinajstić information content (AvgIpc) is 2.96. The highest BCUT2D eigenvalue weighted by molar-refractivity contribution is 5.86. The zero-order valence-electron chi connectivity index (χ0n) is 11.9. The molecule has 0 unspecified atom stereocenters. The van der Waals surface area contributed by atoms with Crippen LogP contribution in [0.4, 0.5) is 0 Å². The smallest absolute Gasteiger partial charge is 0.352 e. The van der Waals surface area contributed by atoms with Crippen molar-refractivity contribution in [2.75, 3.05) is 7.11 Å². The number of hydrogen-bond donors (Lipinski definition) is 1. The molecule has 22 heavy (non-hydrogen) atoms. The minimum absolute atomic E-state index is 0.152. The molecule has 3 rings (SSSR count). The first-order chi connectivity index (χ1) is 10.7. The van der Waals surface area contributed by atoms with Gasteiger partial charge in [-0.25, -0.2) is 9.78 Å². The van der Waals surface area contributed by atoms with Crippen molar-refractivity contribution < 1.29 is 19.4 Å². The van der Waals surface area contributed by atoms with Crippen molar-refractivity contribution in [2.24, 2.45) is 0 Å². The maximum absolute atomic E-state index is 11.3. The fourth-order valence-corrected chi connectivity index (χ4v) is 2.22. The van der Waals surface area contributed by atoms with E-state index in [-0.39, 0.29) is 12.3 Å². The molecule has 0 fully saturated rings. The van der Waals surface area contributed by atoms with Gasteiger partial charge in [-0.1, -0.05) is 12.1 Å². The van der Waals surface area contributed by atoms with Gasteiger partial charge in [0.05, 0.1) is 19.0 Å². The van der Waals surface area contributed by atoms with Gasteiger partial charge in [0.2, 0.25) is 0 Å². The van der Waals surface area contributed by atoms with Crippen molar-refractivity contribution in [2.45, 2.75) is 6.61 Å². The first-order valence-electron chi connectivity index (χ1n) is 6.64. The van der Waals surface area contributed by atoms with Crippen LogP contribution in [-0.4, -0.2) is 27.6 Å². The third-order valence-corrected chi connectivity index (χ3v) is 3.25. The lowest BCUT2D eigenvalue weighted by atomic mass is 10.3. The number of imidazole rings is 1. The molecule has 2 heterocycles. The zero-order valence-corrected chi connectivity index (χ0v) is 11.9. The highest BCUT2D eigenvalue weighted by atomic mass is 16.5. The number of ether oxygens (including phenoxy) is 2. The van der Waals surface area contributed by atoms with Gasteiger partial charge < -0.3 is 14.6 Å². The highest BCUT2D eigenvalue weighted by Gasteiger charge is 2.13. The molecular formula is C16H14N2O4. The number of pyridine rings is 1. The van der Waals surface area contributed by atoms with Crippen LogP contribution >= 0.6 is 0 Å². The predicted octanol–water partition coefficient (Wildman–Crippen LogP) is 2.62. The second-order valence-corrected chi connectivity index (χ2v) is 4.63. The summed E-state index contributed by atoms with van der Waals surface area (Å²) in [5, 5.41) is 9.27. The van der Waals surface area contributed by atoms with E-state index in [0.717, 1.165) is 0 Å². The van der Waals surface area contributed by atoms with Crippen LogP contribution in [0.3, 0.4) is 0 Å². The first-order valence-corrected chi connectivity index (χ1v) is 6.64.